The molecule has 2 rings (SSSR count). The van der Waals surface area contributed by atoms with E-state index < -0.39 is 17.9 Å². The molecule has 0 atom stereocenters. The maximum atomic E-state index is 12.4. The van der Waals surface area contributed by atoms with E-state index in [0.29, 0.717) is 60.0 Å². The number of aldehydes is 1. The van der Waals surface area contributed by atoms with Crippen molar-refractivity contribution in [2.24, 2.45) is 0 Å². The summed E-state index contributed by atoms with van der Waals surface area (Å²) < 4.78 is 21.2. The van der Waals surface area contributed by atoms with Crippen LogP contribution in [0.1, 0.15) is 68.2 Å². The minimum atomic E-state index is -0.521. The maximum absolute atomic E-state index is 12.4. The lowest BCUT2D eigenvalue weighted by atomic mass is 10.2. The Morgan fingerprint density at radius 2 is 1.23 bits per heavy atom. The van der Waals surface area contributed by atoms with Crippen LogP contribution in [0, 0.1) is 0 Å². The normalized spacial score (nSPS) is 10.4. The van der Waals surface area contributed by atoms with Gasteiger partial charge in [0.25, 0.3) is 0 Å². The van der Waals surface area contributed by atoms with E-state index in [0.717, 1.165) is 18.0 Å². The second-order valence-electron chi connectivity index (χ2n) is 8.58. The molecule has 232 valence electrons. The molecular weight excluding hydrogens is 550 g/mol. The summed E-state index contributed by atoms with van der Waals surface area (Å²) in [6.07, 6.45) is 6.34. The van der Waals surface area contributed by atoms with Crippen molar-refractivity contribution in [1.82, 2.24) is 0 Å². The summed E-state index contributed by atoms with van der Waals surface area (Å²) >= 11 is 0. The summed E-state index contributed by atoms with van der Waals surface area (Å²) in [5, 5.41) is 2.98. The highest BCUT2D eigenvalue weighted by Crippen LogP contribution is 2.15. The molecular formula is C34H43NO8. The van der Waals surface area contributed by atoms with Gasteiger partial charge in [0.2, 0.25) is 0 Å². The Morgan fingerprint density at radius 3 is 1.65 bits per heavy atom. The molecule has 0 unspecified atom stereocenters. The molecule has 9 nitrogen and oxygen atoms in total. The summed E-state index contributed by atoms with van der Waals surface area (Å²) in [6, 6.07) is 13.5. The molecule has 0 aromatic heterocycles. The van der Waals surface area contributed by atoms with Crippen molar-refractivity contribution in [1.29, 1.82) is 0 Å². The number of carbonyl (C=O) groups excluding carboxylic acids is 4. The number of anilines is 1. The number of esters is 3. The molecule has 2 aromatic carbocycles. The van der Waals surface area contributed by atoms with E-state index in [9.17, 15) is 19.2 Å². The Bertz CT molecular complexity index is 1240. The molecule has 2 aromatic rings. The van der Waals surface area contributed by atoms with Gasteiger partial charge in [0.05, 0.1) is 24.3 Å². The Kier molecular flexibility index (Phi) is 20.1. The van der Waals surface area contributed by atoms with E-state index in [1.165, 1.54) is 0 Å². The zero-order valence-electron chi connectivity index (χ0n) is 25.9. The third kappa shape index (κ3) is 17.5. The molecule has 0 aliphatic carbocycles. The zero-order chi connectivity index (χ0) is 32.6. The van der Waals surface area contributed by atoms with E-state index in [1.54, 1.807) is 88.5 Å². The first-order valence-corrected chi connectivity index (χ1v) is 13.8. The minimum Gasteiger partial charge on any atom is -0.494 e. The van der Waals surface area contributed by atoms with Crippen LogP contribution in [-0.2, 0) is 23.8 Å². The number of unbranched alkanes of at least 4 members (excludes halogenated alkanes) is 1. The quantitative estimate of drug-likeness (QED) is 0.0460. The summed E-state index contributed by atoms with van der Waals surface area (Å²) in [4.78, 5) is 45.0. The van der Waals surface area contributed by atoms with E-state index in [4.69, 9.17) is 18.9 Å². The second-order valence-corrected chi connectivity index (χ2v) is 8.58. The predicted octanol–water partition coefficient (Wildman–Crippen LogP) is 7.23. The van der Waals surface area contributed by atoms with Crippen LogP contribution in [0.5, 0.6) is 5.75 Å². The van der Waals surface area contributed by atoms with Crippen LogP contribution >= 0.6 is 0 Å². The van der Waals surface area contributed by atoms with Crippen LogP contribution in [0.4, 0.5) is 5.69 Å². The van der Waals surface area contributed by atoms with Gasteiger partial charge in [0.1, 0.15) is 23.6 Å². The van der Waals surface area contributed by atoms with Crippen LogP contribution in [-0.4, -0.2) is 44.5 Å². The molecule has 0 amide bonds. The lowest BCUT2D eigenvalue weighted by Crippen LogP contribution is -2.05. The number of rotatable bonds is 14. The molecule has 0 saturated carbocycles. The van der Waals surface area contributed by atoms with Crippen LogP contribution in [0.3, 0.4) is 0 Å². The largest absolute Gasteiger partial charge is 0.494 e. The SMILES string of the molecule is C=C(C)C=O.C=CC(=O)OCCCCOc1ccc(C(=O)O/C(C)=C/C=C(\C)OC(=O)c2ccc(NC)cc2)cc1.CC. The van der Waals surface area contributed by atoms with Crippen LogP contribution in [0.25, 0.3) is 0 Å². The Hall–Kier alpha value is -4.92. The fourth-order valence-electron chi connectivity index (χ4n) is 2.80. The standard InChI is InChI=1S/C28H31NO7.C4H6O.C2H6/c1-5-26(30)34-19-7-6-18-33-25-16-12-23(13-17-25)28(32)36-21(3)9-8-20(2)35-27(31)22-10-14-24(29-4)15-11-22;1-4(2)3-5;1-2/h5,8-17,29H,1,6-7,18-19H2,2-4H3;3H,1H2,2H3;1-2H3/b20-8+,21-9+;;. The molecule has 0 bridgehead atoms. The van der Waals surface area contributed by atoms with Gasteiger partial charge in [-0.15, -0.1) is 0 Å². The molecule has 0 aliphatic rings. The zero-order valence-corrected chi connectivity index (χ0v) is 25.9. The van der Waals surface area contributed by atoms with Crippen LogP contribution in [0.15, 0.2) is 97.0 Å². The first-order valence-electron chi connectivity index (χ1n) is 13.8. The third-order valence-corrected chi connectivity index (χ3v) is 4.98. The fourth-order valence-corrected chi connectivity index (χ4v) is 2.80. The average Bonchev–Trinajstić information content (AvgIpc) is 3.03. The van der Waals surface area contributed by atoms with E-state index in [-0.39, 0.29) is 0 Å². The topological polar surface area (TPSA) is 117 Å². The molecule has 0 saturated heterocycles. The number of benzene rings is 2. The van der Waals surface area contributed by atoms with Crippen molar-refractivity contribution in [2.75, 3.05) is 25.6 Å². The van der Waals surface area contributed by atoms with Gasteiger partial charge in [0.15, 0.2) is 0 Å². The molecule has 9 heteroatoms. The molecule has 43 heavy (non-hydrogen) atoms. The minimum absolute atomic E-state index is 0.313. The number of hydrogen-bond donors (Lipinski definition) is 1. The Balaban J connectivity index is 0.00000227. The van der Waals surface area contributed by atoms with Crippen LogP contribution in [0.2, 0.25) is 0 Å². The predicted molar refractivity (Wildman–Crippen MR) is 169 cm³/mol. The maximum Gasteiger partial charge on any atom is 0.343 e. The lowest BCUT2D eigenvalue weighted by molar-refractivity contribution is -0.137. The van der Waals surface area contributed by atoms with Gasteiger partial charge in [-0.2, -0.15) is 0 Å². The highest BCUT2D eigenvalue weighted by molar-refractivity contribution is 5.91. The van der Waals surface area contributed by atoms with Crippen molar-refractivity contribution < 1.29 is 38.1 Å². The van der Waals surface area contributed by atoms with Crippen molar-refractivity contribution in [3.05, 3.63) is 108 Å². The second kappa shape index (κ2) is 22.7. The van der Waals surface area contributed by atoms with E-state index in [2.05, 4.69) is 18.5 Å². The number of allylic oxidation sites excluding steroid dienone is 5. The van der Waals surface area contributed by atoms with Crippen molar-refractivity contribution in [2.45, 2.75) is 47.5 Å². The molecule has 0 fully saturated rings. The van der Waals surface area contributed by atoms with Crippen LogP contribution < -0.4 is 10.1 Å². The van der Waals surface area contributed by atoms with E-state index >= 15 is 0 Å². The van der Waals surface area contributed by atoms with Crippen molar-refractivity contribution in [3.8, 4) is 5.75 Å². The number of nitrogens with one attached hydrogen (secondary N) is 1. The third-order valence-electron chi connectivity index (χ3n) is 4.98. The molecule has 1 N–H and O–H groups in total. The van der Waals surface area contributed by atoms with Gasteiger partial charge in [0, 0.05) is 18.8 Å². The monoisotopic (exact) mass is 593 g/mol. The number of hydrogen-bond acceptors (Lipinski definition) is 9. The Morgan fingerprint density at radius 1 is 0.791 bits per heavy atom. The van der Waals surface area contributed by atoms with E-state index in [1.807, 2.05) is 13.8 Å². The smallest absolute Gasteiger partial charge is 0.343 e. The summed E-state index contributed by atoms with van der Waals surface area (Å²) in [5.74, 6) is -0.132. The first-order chi connectivity index (χ1) is 20.6. The summed E-state index contributed by atoms with van der Waals surface area (Å²) in [6.45, 7) is 16.3. The van der Waals surface area contributed by atoms with Gasteiger partial charge in [-0.05, 0) is 99.9 Å². The fraction of sp³-hybridized carbons (Fsp3) is 0.294. The lowest BCUT2D eigenvalue weighted by Gasteiger charge is -2.08. The highest BCUT2D eigenvalue weighted by atomic mass is 16.5. The van der Waals surface area contributed by atoms with Gasteiger partial charge < -0.3 is 24.3 Å². The summed E-state index contributed by atoms with van der Waals surface area (Å²) in [7, 11) is 1.80. The molecule has 0 spiro atoms. The van der Waals surface area contributed by atoms with Gasteiger partial charge in [-0.3, -0.25) is 4.79 Å². The first kappa shape index (κ1) is 38.1. The van der Waals surface area contributed by atoms with Gasteiger partial charge in [-0.1, -0.05) is 27.0 Å². The molecule has 0 radical (unpaired) electrons. The van der Waals surface area contributed by atoms with Gasteiger partial charge >= 0.3 is 17.9 Å². The average molecular weight is 594 g/mol. The highest BCUT2D eigenvalue weighted by Gasteiger charge is 2.10. The Labute approximate surface area is 254 Å². The molecule has 0 aliphatic heterocycles. The number of carbonyl (C=O) groups is 4. The summed E-state index contributed by atoms with van der Waals surface area (Å²) in [5.41, 5.74) is 2.26. The number of ether oxygens (including phenoxy) is 4. The van der Waals surface area contributed by atoms with Crippen molar-refractivity contribution >= 4 is 29.9 Å². The van der Waals surface area contributed by atoms with Crippen molar-refractivity contribution in [3.63, 3.8) is 0 Å². The molecule has 0 heterocycles. The van der Waals surface area contributed by atoms with Gasteiger partial charge in [-0.25, -0.2) is 14.4 Å².